The molecule has 3 amide bonds. The van der Waals surface area contributed by atoms with Crippen LogP contribution in [0, 0.1) is 5.82 Å². The molecular weight excluding hydrogens is 581 g/mol. The zero-order valence-electron chi connectivity index (χ0n) is 24.9. The first-order valence-electron chi connectivity index (χ1n) is 15.2. The average molecular weight is 620 g/mol. The summed E-state index contributed by atoms with van der Waals surface area (Å²) in [6, 6.07) is 20.4. The van der Waals surface area contributed by atoms with Gasteiger partial charge in [0.1, 0.15) is 11.9 Å². The van der Waals surface area contributed by atoms with Crippen LogP contribution in [-0.2, 0) is 33.8 Å². The molecule has 1 saturated heterocycles. The number of amides is 3. The summed E-state index contributed by atoms with van der Waals surface area (Å²) in [5.41, 5.74) is 3.70. The minimum atomic E-state index is -0.764. The molecule has 2 aliphatic heterocycles. The molecule has 3 atom stereocenters. The Bertz CT molecular complexity index is 1460. The van der Waals surface area contributed by atoms with Gasteiger partial charge in [-0.3, -0.25) is 19.3 Å². The molecule has 5 rings (SSSR count). The van der Waals surface area contributed by atoms with Crippen molar-refractivity contribution >= 4 is 29.3 Å². The zero-order chi connectivity index (χ0) is 31.1. The van der Waals surface area contributed by atoms with Crippen molar-refractivity contribution < 1.29 is 18.8 Å². The minimum Gasteiger partial charge on any atom is -0.354 e. The van der Waals surface area contributed by atoms with Crippen LogP contribution in [0.5, 0.6) is 0 Å². The van der Waals surface area contributed by atoms with E-state index in [2.05, 4.69) is 26.9 Å². The van der Waals surface area contributed by atoms with E-state index in [-0.39, 0.29) is 36.1 Å². The number of rotatable bonds is 10. The Balaban J connectivity index is 1.28. The number of halogens is 2. The van der Waals surface area contributed by atoms with E-state index in [0.29, 0.717) is 62.6 Å². The summed E-state index contributed by atoms with van der Waals surface area (Å²) in [7, 11) is 0. The van der Waals surface area contributed by atoms with Gasteiger partial charge in [0.2, 0.25) is 17.7 Å². The lowest BCUT2D eigenvalue weighted by Crippen LogP contribution is -2.58. The van der Waals surface area contributed by atoms with E-state index in [1.807, 2.05) is 30.3 Å². The molecule has 0 saturated carbocycles. The van der Waals surface area contributed by atoms with Crippen molar-refractivity contribution in [2.75, 3.05) is 32.7 Å². The van der Waals surface area contributed by atoms with Crippen LogP contribution < -0.4 is 16.0 Å². The number of hydrogen-bond acceptors (Lipinski definition) is 5. The van der Waals surface area contributed by atoms with Gasteiger partial charge in [-0.05, 0) is 41.3 Å². The van der Waals surface area contributed by atoms with Gasteiger partial charge in [0.25, 0.3) is 0 Å². The number of benzene rings is 3. The maximum Gasteiger partial charge on any atom is 0.245 e. The number of piperazine rings is 1. The summed E-state index contributed by atoms with van der Waals surface area (Å²) in [4.78, 5) is 43.4. The van der Waals surface area contributed by atoms with Gasteiger partial charge in [-0.25, -0.2) is 4.39 Å². The summed E-state index contributed by atoms with van der Waals surface area (Å²) in [5.74, 6) is -0.800. The van der Waals surface area contributed by atoms with Crippen LogP contribution in [0.3, 0.4) is 0 Å². The van der Waals surface area contributed by atoms with Gasteiger partial charge in [0.05, 0.1) is 12.1 Å². The Hall–Kier alpha value is -3.79. The summed E-state index contributed by atoms with van der Waals surface area (Å²) in [5, 5.41) is 9.86. The molecule has 3 N–H and O–H groups in total. The van der Waals surface area contributed by atoms with Gasteiger partial charge in [-0.15, -0.1) is 0 Å². The fourth-order valence-electron chi connectivity index (χ4n) is 5.96. The fraction of sp³-hybridized carbons (Fsp3) is 0.382. The first-order valence-corrected chi connectivity index (χ1v) is 15.6. The summed E-state index contributed by atoms with van der Waals surface area (Å²) in [6.45, 7) is 4.45. The van der Waals surface area contributed by atoms with Gasteiger partial charge in [0.15, 0.2) is 0 Å². The van der Waals surface area contributed by atoms with E-state index in [4.69, 9.17) is 11.6 Å². The third-order valence-corrected chi connectivity index (χ3v) is 8.76. The fourth-order valence-corrected chi connectivity index (χ4v) is 6.09. The smallest absolute Gasteiger partial charge is 0.245 e. The Labute approximate surface area is 262 Å². The first-order chi connectivity index (χ1) is 21.3. The van der Waals surface area contributed by atoms with E-state index in [9.17, 15) is 18.8 Å². The van der Waals surface area contributed by atoms with E-state index >= 15 is 0 Å². The molecule has 44 heavy (non-hydrogen) atoms. The van der Waals surface area contributed by atoms with Crippen molar-refractivity contribution in [1.29, 1.82) is 0 Å². The number of carbonyl (C=O) groups excluding carboxylic acids is 3. The van der Waals surface area contributed by atoms with E-state index in [1.165, 1.54) is 11.6 Å². The minimum absolute atomic E-state index is 0.100. The van der Waals surface area contributed by atoms with Crippen LogP contribution in [0.15, 0.2) is 72.8 Å². The number of nitrogens with zero attached hydrogens (tertiary/aromatic N) is 2. The van der Waals surface area contributed by atoms with Crippen LogP contribution in [0.4, 0.5) is 4.39 Å². The maximum atomic E-state index is 14.8. The van der Waals surface area contributed by atoms with Crippen LogP contribution in [0.1, 0.15) is 41.6 Å². The second-order valence-electron chi connectivity index (χ2n) is 11.4. The third kappa shape index (κ3) is 7.83. The quantitative estimate of drug-likeness (QED) is 0.322. The predicted molar refractivity (Wildman–Crippen MR) is 168 cm³/mol. The summed E-state index contributed by atoms with van der Waals surface area (Å²) >= 11 is 6.10. The highest BCUT2D eigenvalue weighted by molar-refractivity contribution is 6.30. The largest absolute Gasteiger partial charge is 0.354 e. The van der Waals surface area contributed by atoms with Crippen LogP contribution in [0.2, 0.25) is 5.02 Å². The molecule has 10 heteroatoms. The Kier molecular flexibility index (Phi) is 10.6. The molecule has 3 aromatic carbocycles. The predicted octanol–water partition coefficient (Wildman–Crippen LogP) is 3.63. The molecule has 0 bridgehead atoms. The molecule has 0 aliphatic carbocycles. The lowest BCUT2D eigenvalue weighted by atomic mass is 9.95. The van der Waals surface area contributed by atoms with Crippen molar-refractivity contribution in [3.05, 3.63) is 106 Å². The molecular formula is C34H39ClFN5O3. The van der Waals surface area contributed by atoms with Gasteiger partial charge in [-0.1, -0.05) is 73.1 Å². The summed E-state index contributed by atoms with van der Waals surface area (Å²) in [6.07, 6.45) is 1.22. The number of fused-ring (bicyclic) bond motifs is 1. The highest BCUT2D eigenvalue weighted by Gasteiger charge is 2.34. The summed E-state index contributed by atoms with van der Waals surface area (Å²) < 4.78 is 14.8. The molecule has 0 aromatic heterocycles. The molecule has 3 aromatic rings. The van der Waals surface area contributed by atoms with Crippen LogP contribution in [-0.4, -0.2) is 72.3 Å². The lowest BCUT2D eigenvalue weighted by molar-refractivity contribution is -0.138. The van der Waals surface area contributed by atoms with Crippen molar-refractivity contribution in [3.8, 4) is 0 Å². The average Bonchev–Trinajstić information content (AvgIpc) is 3.05. The molecule has 8 nitrogen and oxygen atoms in total. The van der Waals surface area contributed by atoms with Crippen molar-refractivity contribution in [1.82, 2.24) is 25.8 Å². The van der Waals surface area contributed by atoms with Crippen LogP contribution in [0.25, 0.3) is 0 Å². The Morgan fingerprint density at radius 1 is 0.955 bits per heavy atom. The SMILES string of the molecule is CCC(=O)NCC(c1ccccc1F)N1CCN(C(=O)C(Cc2ccc(Cl)cc2)NC(=O)C2Cc3ccccc3CN2)CC1. The number of carbonyl (C=O) groups is 3. The molecule has 2 aliphatic rings. The van der Waals surface area contributed by atoms with Gasteiger partial charge in [0, 0.05) is 62.7 Å². The highest BCUT2D eigenvalue weighted by Crippen LogP contribution is 2.25. The molecule has 3 unspecified atom stereocenters. The zero-order valence-corrected chi connectivity index (χ0v) is 25.7. The van der Waals surface area contributed by atoms with Gasteiger partial charge >= 0.3 is 0 Å². The molecule has 2 heterocycles. The molecule has 1 fully saturated rings. The molecule has 0 spiro atoms. The normalized spacial score (nSPS) is 18.2. The standard InChI is InChI=1S/C34H39ClFN5O3/c1-2-32(42)38-22-31(27-9-5-6-10-28(27)36)40-15-17-41(18-16-40)34(44)30(19-23-11-13-26(35)14-12-23)39-33(43)29-20-24-7-3-4-8-25(24)21-37-29/h3-14,29-31,37H,2,15-22H2,1H3,(H,38,42)(H,39,43). The Morgan fingerprint density at radius 2 is 1.64 bits per heavy atom. The second-order valence-corrected chi connectivity index (χ2v) is 11.8. The van der Waals surface area contributed by atoms with Crippen molar-refractivity contribution in [3.63, 3.8) is 0 Å². The Morgan fingerprint density at radius 3 is 2.34 bits per heavy atom. The number of hydrogen-bond donors (Lipinski definition) is 3. The van der Waals surface area contributed by atoms with E-state index in [1.54, 1.807) is 42.2 Å². The van der Waals surface area contributed by atoms with E-state index in [0.717, 1.165) is 11.1 Å². The molecule has 232 valence electrons. The monoisotopic (exact) mass is 619 g/mol. The third-order valence-electron chi connectivity index (χ3n) is 8.51. The highest BCUT2D eigenvalue weighted by atomic mass is 35.5. The topological polar surface area (TPSA) is 93.8 Å². The lowest BCUT2D eigenvalue weighted by Gasteiger charge is -2.40. The molecule has 0 radical (unpaired) electrons. The maximum absolute atomic E-state index is 14.8. The van der Waals surface area contributed by atoms with Gasteiger partial charge < -0.3 is 20.9 Å². The number of nitrogens with one attached hydrogen (secondary N) is 3. The first kappa shape index (κ1) is 31.6. The van der Waals surface area contributed by atoms with E-state index < -0.39 is 12.1 Å². The van der Waals surface area contributed by atoms with Crippen LogP contribution >= 0.6 is 11.6 Å². The van der Waals surface area contributed by atoms with Gasteiger partial charge in [-0.2, -0.15) is 0 Å². The van der Waals surface area contributed by atoms with Crippen molar-refractivity contribution in [2.24, 2.45) is 0 Å². The second kappa shape index (κ2) is 14.8. The van der Waals surface area contributed by atoms with Crippen molar-refractivity contribution in [2.45, 2.75) is 50.9 Å².